The lowest BCUT2D eigenvalue weighted by Crippen LogP contribution is -2.30. The maximum absolute atomic E-state index is 11.8. The van der Waals surface area contributed by atoms with Crippen LogP contribution in [0.4, 0.5) is 5.13 Å². The van der Waals surface area contributed by atoms with Crippen molar-refractivity contribution in [1.29, 1.82) is 0 Å². The van der Waals surface area contributed by atoms with Gasteiger partial charge in [0.25, 0.3) is 5.91 Å². The first-order valence-electron chi connectivity index (χ1n) is 5.66. The lowest BCUT2D eigenvalue weighted by molar-refractivity contribution is -0.138. The lowest BCUT2D eigenvalue weighted by Gasteiger charge is -2.12. The second-order valence-corrected chi connectivity index (χ2v) is 5.08. The first kappa shape index (κ1) is 14.4. The normalized spacial score (nSPS) is 12.1. The predicted octanol–water partition coefficient (Wildman–Crippen LogP) is 1.26. The topological polar surface area (TPSA) is 105 Å². The number of carbonyl (C=O) groups is 2. The molecule has 7 heteroatoms. The number of anilines is 1. The second kappa shape index (κ2) is 6.34. The van der Waals surface area contributed by atoms with Gasteiger partial charge >= 0.3 is 5.97 Å². The van der Waals surface area contributed by atoms with Crippen molar-refractivity contribution in [2.75, 3.05) is 12.3 Å². The number of aliphatic carboxylic acids is 1. The molecule has 1 unspecified atom stereocenters. The molecule has 1 heterocycles. The van der Waals surface area contributed by atoms with Crippen LogP contribution >= 0.6 is 11.3 Å². The van der Waals surface area contributed by atoms with Gasteiger partial charge in [0.15, 0.2) is 5.13 Å². The molecule has 1 atom stereocenters. The fourth-order valence-corrected chi connectivity index (χ4v) is 2.30. The SMILES string of the molecule is CCC(CNC(=O)c1sc(N)nc1C)CC(=O)O. The fourth-order valence-electron chi connectivity index (χ4n) is 1.55. The second-order valence-electron chi connectivity index (χ2n) is 4.05. The average molecular weight is 271 g/mol. The summed E-state index contributed by atoms with van der Waals surface area (Å²) in [4.78, 5) is 26.9. The molecule has 0 aromatic carbocycles. The van der Waals surface area contributed by atoms with Crippen molar-refractivity contribution in [2.45, 2.75) is 26.7 Å². The van der Waals surface area contributed by atoms with E-state index >= 15 is 0 Å². The monoisotopic (exact) mass is 271 g/mol. The van der Waals surface area contributed by atoms with Crippen LogP contribution in [-0.2, 0) is 4.79 Å². The van der Waals surface area contributed by atoms with Gasteiger partial charge in [-0.1, -0.05) is 24.7 Å². The molecular formula is C11H17N3O3S. The van der Waals surface area contributed by atoms with Crippen LogP contribution in [0.3, 0.4) is 0 Å². The quantitative estimate of drug-likeness (QED) is 0.722. The fraction of sp³-hybridized carbons (Fsp3) is 0.545. The summed E-state index contributed by atoms with van der Waals surface area (Å²) in [6, 6.07) is 0. The number of hydrogen-bond acceptors (Lipinski definition) is 5. The molecule has 4 N–H and O–H groups in total. The van der Waals surface area contributed by atoms with Gasteiger partial charge in [0.1, 0.15) is 4.88 Å². The highest BCUT2D eigenvalue weighted by atomic mass is 32.1. The van der Waals surface area contributed by atoms with Gasteiger partial charge in [-0.25, -0.2) is 4.98 Å². The van der Waals surface area contributed by atoms with Crippen LogP contribution in [-0.4, -0.2) is 28.5 Å². The van der Waals surface area contributed by atoms with Crippen molar-refractivity contribution < 1.29 is 14.7 Å². The van der Waals surface area contributed by atoms with E-state index in [4.69, 9.17) is 10.8 Å². The standard InChI is InChI=1S/C11H17N3O3S/c1-3-7(4-8(15)16)5-13-10(17)9-6(2)14-11(12)18-9/h7H,3-5H2,1-2H3,(H2,12,14)(H,13,17)(H,15,16). The molecule has 1 rings (SSSR count). The molecule has 0 spiro atoms. The first-order valence-corrected chi connectivity index (χ1v) is 6.48. The van der Waals surface area contributed by atoms with Gasteiger partial charge in [0, 0.05) is 13.0 Å². The summed E-state index contributed by atoms with van der Waals surface area (Å²) in [5.41, 5.74) is 6.11. The van der Waals surface area contributed by atoms with Gasteiger partial charge in [-0.15, -0.1) is 0 Å². The highest BCUT2D eigenvalue weighted by Gasteiger charge is 2.16. The van der Waals surface area contributed by atoms with E-state index in [9.17, 15) is 9.59 Å². The van der Waals surface area contributed by atoms with Crippen LogP contribution < -0.4 is 11.1 Å². The molecule has 0 saturated carbocycles. The minimum Gasteiger partial charge on any atom is -0.481 e. The largest absolute Gasteiger partial charge is 0.481 e. The summed E-state index contributed by atoms with van der Waals surface area (Å²) in [5, 5.41) is 11.8. The van der Waals surface area contributed by atoms with E-state index in [1.165, 1.54) is 0 Å². The Morgan fingerprint density at radius 2 is 2.22 bits per heavy atom. The van der Waals surface area contributed by atoms with E-state index in [1.54, 1.807) is 6.92 Å². The van der Waals surface area contributed by atoms with Crippen molar-refractivity contribution in [3.63, 3.8) is 0 Å². The van der Waals surface area contributed by atoms with E-state index in [0.717, 1.165) is 11.3 Å². The molecule has 0 aliphatic heterocycles. The number of carboxylic acids is 1. The first-order chi connectivity index (χ1) is 8.43. The molecule has 1 aromatic heterocycles. The van der Waals surface area contributed by atoms with Crippen molar-refractivity contribution in [2.24, 2.45) is 5.92 Å². The summed E-state index contributed by atoms with van der Waals surface area (Å²) in [6.45, 7) is 3.96. The van der Waals surface area contributed by atoms with E-state index in [-0.39, 0.29) is 18.2 Å². The Balaban J connectivity index is 2.55. The Bertz CT molecular complexity index is 445. The zero-order chi connectivity index (χ0) is 13.7. The summed E-state index contributed by atoms with van der Waals surface area (Å²) in [5.74, 6) is -1.16. The number of hydrogen-bond donors (Lipinski definition) is 3. The third-order valence-electron chi connectivity index (χ3n) is 2.61. The maximum Gasteiger partial charge on any atom is 0.303 e. The Hall–Kier alpha value is -1.63. The van der Waals surface area contributed by atoms with Crippen molar-refractivity contribution >= 4 is 28.3 Å². The number of rotatable bonds is 6. The average Bonchev–Trinajstić information content (AvgIpc) is 2.62. The van der Waals surface area contributed by atoms with Gasteiger partial charge in [0.2, 0.25) is 0 Å². The number of nitrogens with one attached hydrogen (secondary N) is 1. The van der Waals surface area contributed by atoms with Crippen LogP contribution in [0.1, 0.15) is 35.1 Å². The molecule has 18 heavy (non-hydrogen) atoms. The molecule has 0 radical (unpaired) electrons. The van der Waals surface area contributed by atoms with Gasteiger partial charge in [-0.3, -0.25) is 9.59 Å². The Morgan fingerprint density at radius 1 is 1.56 bits per heavy atom. The number of carbonyl (C=O) groups excluding carboxylic acids is 1. The number of aryl methyl sites for hydroxylation is 1. The Labute approximate surface area is 109 Å². The molecular weight excluding hydrogens is 254 g/mol. The number of amides is 1. The van der Waals surface area contributed by atoms with Crippen molar-refractivity contribution in [1.82, 2.24) is 10.3 Å². The third-order valence-corrected chi connectivity index (χ3v) is 3.60. The maximum atomic E-state index is 11.8. The number of thiazole rings is 1. The number of aromatic nitrogens is 1. The highest BCUT2D eigenvalue weighted by molar-refractivity contribution is 7.17. The predicted molar refractivity (Wildman–Crippen MR) is 69.6 cm³/mol. The molecule has 1 amide bonds. The molecule has 100 valence electrons. The van der Waals surface area contributed by atoms with Gasteiger partial charge in [0.05, 0.1) is 5.69 Å². The number of nitrogens with two attached hydrogens (primary N) is 1. The third kappa shape index (κ3) is 3.99. The molecule has 0 fully saturated rings. The molecule has 1 aromatic rings. The van der Waals surface area contributed by atoms with Crippen LogP contribution in [0.25, 0.3) is 0 Å². The zero-order valence-corrected chi connectivity index (χ0v) is 11.2. The minimum atomic E-state index is -0.852. The van der Waals surface area contributed by atoms with Gasteiger partial charge in [-0.2, -0.15) is 0 Å². The molecule has 0 aliphatic rings. The summed E-state index contributed by atoms with van der Waals surface area (Å²) in [6.07, 6.45) is 0.761. The van der Waals surface area contributed by atoms with E-state index in [1.807, 2.05) is 6.92 Å². The van der Waals surface area contributed by atoms with Crippen LogP contribution in [0, 0.1) is 12.8 Å². The Kier molecular flexibility index (Phi) is 5.08. The van der Waals surface area contributed by atoms with Gasteiger partial charge < -0.3 is 16.2 Å². The molecule has 0 bridgehead atoms. The lowest BCUT2D eigenvalue weighted by atomic mass is 10.0. The van der Waals surface area contributed by atoms with Crippen LogP contribution in [0.2, 0.25) is 0 Å². The van der Waals surface area contributed by atoms with Crippen LogP contribution in [0.15, 0.2) is 0 Å². The minimum absolute atomic E-state index is 0.0561. The molecule has 0 saturated heterocycles. The van der Waals surface area contributed by atoms with E-state index in [2.05, 4.69) is 10.3 Å². The molecule has 6 nitrogen and oxygen atoms in total. The number of carboxylic acid groups (broad SMARTS) is 1. The number of nitrogen functional groups attached to an aromatic ring is 1. The van der Waals surface area contributed by atoms with Crippen molar-refractivity contribution in [3.05, 3.63) is 10.6 Å². The van der Waals surface area contributed by atoms with Gasteiger partial charge in [-0.05, 0) is 12.8 Å². The highest BCUT2D eigenvalue weighted by Crippen LogP contribution is 2.19. The summed E-state index contributed by atoms with van der Waals surface area (Å²) in [7, 11) is 0. The summed E-state index contributed by atoms with van der Waals surface area (Å²) < 4.78 is 0. The van der Waals surface area contributed by atoms with Crippen molar-refractivity contribution in [3.8, 4) is 0 Å². The van der Waals surface area contributed by atoms with E-state index in [0.29, 0.717) is 28.7 Å². The zero-order valence-electron chi connectivity index (χ0n) is 10.4. The number of nitrogens with zero attached hydrogens (tertiary/aromatic N) is 1. The van der Waals surface area contributed by atoms with E-state index < -0.39 is 5.97 Å². The Morgan fingerprint density at radius 3 is 2.67 bits per heavy atom. The summed E-state index contributed by atoms with van der Waals surface area (Å²) >= 11 is 1.13. The molecule has 0 aliphatic carbocycles. The van der Waals surface area contributed by atoms with Crippen LogP contribution in [0.5, 0.6) is 0 Å². The smallest absolute Gasteiger partial charge is 0.303 e.